The van der Waals surface area contributed by atoms with Crippen LogP contribution in [0.3, 0.4) is 0 Å². The molecule has 0 radical (unpaired) electrons. The summed E-state index contributed by atoms with van der Waals surface area (Å²) in [5.41, 5.74) is 7.29. The maximum Gasteiger partial charge on any atom is 0.127 e. The first kappa shape index (κ1) is 14.4. The van der Waals surface area contributed by atoms with Crippen LogP contribution in [-0.2, 0) is 13.1 Å². The zero-order valence-electron chi connectivity index (χ0n) is 11.3. The SMILES string of the molecule is NCc1ccc(F)c(CN2CCCCC2CCO)c1. The van der Waals surface area contributed by atoms with Gasteiger partial charge in [0.05, 0.1) is 0 Å². The maximum atomic E-state index is 13.9. The number of hydrogen-bond donors (Lipinski definition) is 2. The lowest BCUT2D eigenvalue weighted by Crippen LogP contribution is -2.39. The molecule has 1 aliphatic rings. The number of piperidine rings is 1. The lowest BCUT2D eigenvalue weighted by Gasteiger charge is -2.35. The topological polar surface area (TPSA) is 49.5 Å². The molecule has 1 fully saturated rings. The largest absolute Gasteiger partial charge is 0.396 e. The van der Waals surface area contributed by atoms with Crippen LogP contribution in [0, 0.1) is 5.82 Å². The number of halogens is 1. The van der Waals surface area contributed by atoms with Gasteiger partial charge in [-0.15, -0.1) is 0 Å². The molecule has 3 N–H and O–H groups in total. The predicted octanol–water partition coefficient (Wildman–Crippen LogP) is 2.02. The highest BCUT2D eigenvalue weighted by atomic mass is 19.1. The molecule has 1 aromatic carbocycles. The smallest absolute Gasteiger partial charge is 0.127 e. The molecule has 1 heterocycles. The van der Waals surface area contributed by atoms with Crippen LogP contribution in [-0.4, -0.2) is 29.2 Å². The minimum absolute atomic E-state index is 0.162. The molecule has 1 atom stereocenters. The lowest BCUT2D eigenvalue weighted by atomic mass is 9.98. The molecule has 1 aliphatic heterocycles. The van der Waals surface area contributed by atoms with Gasteiger partial charge in [0.25, 0.3) is 0 Å². The number of benzene rings is 1. The van der Waals surface area contributed by atoms with Gasteiger partial charge in [-0.05, 0) is 37.4 Å². The third kappa shape index (κ3) is 3.75. The van der Waals surface area contributed by atoms with Crippen molar-refractivity contribution >= 4 is 0 Å². The third-order valence-electron chi connectivity index (χ3n) is 3.93. The second-order valence-electron chi connectivity index (χ2n) is 5.26. The second-order valence-corrected chi connectivity index (χ2v) is 5.26. The van der Waals surface area contributed by atoms with Gasteiger partial charge in [-0.1, -0.05) is 18.6 Å². The summed E-state index contributed by atoms with van der Waals surface area (Å²) >= 11 is 0. The Morgan fingerprint density at radius 2 is 2.21 bits per heavy atom. The number of likely N-dealkylation sites (tertiary alicyclic amines) is 1. The van der Waals surface area contributed by atoms with Crippen molar-refractivity contribution in [2.24, 2.45) is 5.73 Å². The zero-order valence-corrected chi connectivity index (χ0v) is 11.3. The summed E-state index contributed by atoms with van der Waals surface area (Å²) in [5, 5.41) is 9.12. The van der Waals surface area contributed by atoms with Crippen molar-refractivity contribution in [2.45, 2.75) is 44.8 Å². The summed E-state index contributed by atoms with van der Waals surface area (Å²) in [6.07, 6.45) is 4.23. The Labute approximate surface area is 114 Å². The molecule has 0 aliphatic carbocycles. The minimum Gasteiger partial charge on any atom is -0.396 e. The van der Waals surface area contributed by atoms with E-state index < -0.39 is 0 Å². The van der Waals surface area contributed by atoms with E-state index in [1.54, 1.807) is 6.07 Å². The van der Waals surface area contributed by atoms with Gasteiger partial charge in [0.15, 0.2) is 0 Å². The van der Waals surface area contributed by atoms with Gasteiger partial charge >= 0.3 is 0 Å². The number of aliphatic hydroxyl groups excluding tert-OH is 1. The summed E-state index contributed by atoms with van der Waals surface area (Å²) in [4.78, 5) is 2.29. The van der Waals surface area contributed by atoms with E-state index in [0.717, 1.165) is 31.4 Å². The summed E-state index contributed by atoms with van der Waals surface area (Å²) in [6, 6.07) is 5.47. The summed E-state index contributed by atoms with van der Waals surface area (Å²) < 4.78 is 13.9. The molecule has 0 bridgehead atoms. The van der Waals surface area contributed by atoms with E-state index in [1.165, 1.54) is 12.5 Å². The van der Waals surface area contributed by atoms with E-state index >= 15 is 0 Å². The van der Waals surface area contributed by atoms with Gasteiger partial charge in [0.2, 0.25) is 0 Å². The van der Waals surface area contributed by atoms with Crippen LogP contribution >= 0.6 is 0 Å². The summed E-state index contributed by atoms with van der Waals surface area (Å²) in [5.74, 6) is -0.162. The van der Waals surface area contributed by atoms with Crippen LogP contribution in [0.2, 0.25) is 0 Å². The molecule has 0 amide bonds. The summed E-state index contributed by atoms with van der Waals surface area (Å²) in [6.45, 7) is 2.24. The van der Waals surface area contributed by atoms with Gasteiger partial charge in [-0.3, -0.25) is 4.90 Å². The van der Waals surface area contributed by atoms with Crippen molar-refractivity contribution in [1.82, 2.24) is 4.90 Å². The predicted molar refractivity (Wildman–Crippen MR) is 74.0 cm³/mol. The van der Waals surface area contributed by atoms with Crippen LogP contribution in [0.15, 0.2) is 18.2 Å². The van der Waals surface area contributed by atoms with Crippen LogP contribution < -0.4 is 5.73 Å². The highest BCUT2D eigenvalue weighted by molar-refractivity contribution is 5.25. The molecule has 0 saturated carbocycles. The number of nitrogens with zero attached hydrogens (tertiary/aromatic N) is 1. The van der Waals surface area contributed by atoms with E-state index in [0.29, 0.717) is 24.7 Å². The molecule has 1 aromatic rings. The molecule has 19 heavy (non-hydrogen) atoms. The second kappa shape index (κ2) is 6.98. The first-order valence-electron chi connectivity index (χ1n) is 7.07. The Morgan fingerprint density at radius 3 is 2.95 bits per heavy atom. The number of rotatable bonds is 5. The average molecular weight is 266 g/mol. The lowest BCUT2D eigenvalue weighted by molar-refractivity contribution is 0.111. The minimum atomic E-state index is -0.162. The molecule has 3 nitrogen and oxygen atoms in total. The van der Waals surface area contributed by atoms with Crippen molar-refractivity contribution < 1.29 is 9.50 Å². The molecule has 1 saturated heterocycles. The fraction of sp³-hybridized carbons (Fsp3) is 0.600. The van der Waals surface area contributed by atoms with E-state index in [4.69, 9.17) is 10.8 Å². The molecule has 4 heteroatoms. The van der Waals surface area contributed by atoms with E-state index in [2.05, 4.69) is 4.90 Å². The van der Waals surface area contributed by atoms with Gasteiger partial charge in [0.1, 0.15) is 5.82 Å². The van der Waals surface area contributed by atoms with Gasteiger partial charge in [-0.2, -0.15) is 0 Å². The number of hydrogen-bond acceptors (Lipinski definition) is 3. The van der Waals surface area contributed by atoms with Crippen LogP contribution in [0.25, 0.3) is 0 Å². The van der Waals surface area contributed by atoms with Gasteiger partial charge in [-0.25, -0.2) is 4.39 Å². The zero-order chi connectivity index (χ0) is 13.7. The Kier molecular flexibility index (Phi) is 5.31. The molecule has 106 valence electrons. The molecule has 0 aromatic heterocycles. The van der Waals surface area contributed by atoms with Crippen molar-refractivity contribution in [3.05, 3.63) is 35.1 Å². The Balaban J connectivity index is 2.09. The van der Waals surface area contributed by atoms with Crippen LogP contribution in [0.1, 0.15) is 36.8 Å². The van der Waals surface area contributed by atoms with Crippen LogP contribution in [0.5, 0.6) is 0 Å². The fourth-order valence-electron chi connectivity index (χ4n) is 2.84. The quantitative estimate of drug-likeness (QED) is 0.857. The van der Waals surface area contributed by atoms with Crippen molar-refractivity contribution in [2.75, 3.05) is 13.2 Å². The van der Waals surface area contributed by atoms with Crippen LogP contribution in [0.4, 0.5) is 4.39 Å². The van der Waals surface area contributed by atoms with Crippen molar-refractivity contribution in [3.8, 4) is 0 Å². The van der Waals surface area contributed by atoms with Gasteiger partial charge in [0, 0.05) is 31.3 Å². The molecule has 1 unspecified atom stereocenters. The molecule has 2 rings (SSSR count). The Hall–Kier alpha value is -0.970. The van der Waals surface area contributed by atoms with Gasteiger partial charge < -0.3 is 10.8 Å². The summed E-state index contributed by atoms with van der Waals surface area (Å²) in [7, 11) is 0. The molecular formula is C15H23FN2O. The normalized spacial score (nSPS) is 20.7. The number of aliphatic hydroxyl groups is 1. The highest BCUT2D eigenvalue weighted by Crippen LogP contribution is 2.23. The Morgan fingerprint density at radius 1 is 1.37 bits per heavy atom. The first-order chi connectivity index (χ1) is 9.24. The third-order valence-corrected chi connectivity index (χ3v) is 3.93. The van der Waals surface area contributed by atoms with Crippen molar-refractivity contribution in [3.63, 3.8) is 0 Å². The standard InChI is InChI=1S/C15H23FN2O/c16-15-5-4-12(10-17)9-13(15)11-18-7-2-1-3-14(18)6-8-19/h4-5,9,14,19H,1-3,6-8,10-11,17H2. The maximum absolute atomic E-state index is 13.9. The number of nitrogens with two attached hydrogens (primary N) is 1. The highest BCUT2D eigenvalue weighted by Gasteiger charge is 2.22. The monoisotopic (exact) mass is 266 g/mol. The first-order valence-corrected chi connectivity index (χ1v) is 7.07. The average Bonchev–Trinajstić information content (AvgIpc) is 2.43. The Bertz CT molecular complexity index is 409. The van der Waals surface area contributed by atoms with E-state index in [1.807, 2.05) is 6.07 Å². The fourth-order valence-corrected chi connectivity index (χ4v) is 2.84. The molecular weight excluding hydrogens is 243 g/mol. The van der Waals surface area contributed by atoms with E-state index in [-0.39, 0.29) is 12.4 Å². The van der Waals surface area contributed by atoms with E-state index in [9.17, 15) is 4.39 Å². The molecule has 0 spiro atoms. The van der Waals surface area contributed by atoms with Crippen molar-refractivity contribution in [1.29, 1.82) is 0 Å².